The third-order valence-electron chi connectivity index (χ3n) is 5.89. The van der Waals surface area contributed by atoms with E-state index in [-0.39, 0.29) is 12.6 Å². The highest BCUT2D eigenvalue weighted by molar-refractivity contribution is 6.09. The normalized spacial score (nSPS) is 19.7. The number of anilines is 2. The zero-order valence-corrected chi connectivity index (χ0v) is 16.3. The summed E-state index contributed by atoms with van der Waals surface area (Å²) in [4.78, 5) is 12.3. The fourth-order valence-corrected chi connectivity index (χ4v) is 4.23. The maximum absolute atomic E-state index is 9.47. The second-order valence-electron chi connectivity index (χ2n) is 7.63. The van der Waals surface area contributed by atoms with Crippen LogP contribution in [0.15, 0.2) is 36.8 Å². The molecule has 3 heterocycles. The molecule has 0 unspecified atom stereocenters. The van der Waals surface area contributed by atoms with Gasteiger partial charge in [0.15, 0.2) is 11.5 Å². The first kappa shape index (κ1) is 17.9. The van der Waals surface area contributed by atoms with Crippen LogP contribution in [-0.2, 0) is 0 Å². The zero-order valence-electron chi connectivity index (χ0n) is 16.3. The topological polar surface area (TPSA) is 101 Å². The van der Waals surface area contributed by atoms with Crippen molar-refractivity contribution in [3.63, 3.8) is 0 Å². The van der Waals surface area contributed by atoms with E-state index in [0.29, 0.717) is 5.92 Å². The summed E-state index contributed by atoms with van der Waals surface area (Å²) >= 11 is 0. The number of methoxy groups -OCH3 is 1. The number of nitrogens with one attached hydrogen (secondary N) is 2. The summed E-state index contributed by atoms with van der Waals surface area (Å²) < 4.78 is 7.29. The van der Waals surface area contributed by atoms with Crippen molar-refractivity contribution in [2.24, 2.45) is 5.92 Å². The number of aliphatic hydroxyl groups is 1. The largest absolute Gasteiger partial charge is 0.497 e. The minimum absolute atomic E-state index is 0.256. The monoisotopic (exact) mass is 392 g/mol. The molecule has 0 bridgehead atoms. The number of benzene rings is 1. The second kappa shape index (κ2) is 7.36. The van der Waals surface area contributed by atoms with E-state index >= 15 is 0 Å². The fourth-order valence-electron chi connectivity index (χ4n) is 4.23. The van der Waals surface area contributed by atoms with Crippen LogP contribution in [-0.4, -0.2) is 43.6 Å². The maximum Gasteiger partial charge on any atom is 0.162 e. The Morgan fingerprint density at radius 3 is 2.69 bits per heavy atom. The highest BCUT2D eigenvalue weighted by atomic mass is 16.5. The highest BCUT2D eigenvalue weighted by Crippen LogP contribution is 2.36. The van der Waals surface area contributed by atoms with Crippen molar-refractivity contribution in [3.05, 3.63) is 36.8 Å². The Balaban J connectivity index is 1.58. The molecule has 150 valence electrons. The average molecular weight is 392 g/mol. The Morgan fingerprint density at radius 1 is 1.17 bits per heavy atom. The molecule has 0 saturated heterocycles. The number of H-pyrrole nitrogens is 1. The number of nitrogens with zero attached hydrogens (tertiary/aromatic N) is 4. The van der Waals surface area contributed by atoms with Crippen molar-refractivity contribution >= 4 is 33.6 Å². The van der Waals surface area contributed by atoms with E-state index < -0.39 is 0 Å². The first-order valence-corrected chi connectivity index (χ1v) is 9.99. The molecule has 0 radical (unpaired) electrons. The zero-order chi connectivity index (χ0) is 19.8. The Labute approximate surface area is 167 Å². The van der Waals surface area contributed by atoms with E-state index in [2.05, 4.69) is 20.3 Å². The number of rotatable bonds is 5. The molecule has 1 aliphatic rings. The van der Waals surface area contributed by atoms with E-state index in [9.17, 15) is 5.11 Å². The maximum atomic E-state index is 9.47. The van der Waals surface area contributed by atoms with Gasteiger partial charge < -0.3 is 20.1 Å². The van der Waals surface area contributed by atoms with Crippen molar-refractivity contribution in [3.8, 4) is 5.75 Å². The quantitative estimate of drug-likeness (QED) is 0.478. The molecule has 29 heavy (non-hydrogen) atoms. The smallest absolute Gasteiger partial charge is 0.162 e. The van der Waals surface area contributed by atoms with Crippen LogP contribution in [0, 0.1) is 5.92 Å². The SMILES string of the molecule is COc1ccc(Nc2nn(C3CCC(CO)CC3)c3nc[nH]c4ncc2c43)cc1. The van der Waals surface area contributed by atoms with Crippen molar-refractivity contribution in [2.75, 3.05) is 19.0 Å². The standard InChI is InChI=1S/C21H24N6O2/c1-29-16-8-4-14(5-9-16)25-19-17-10-22-20-18(17)21(24-12-23-20)27(26-19)15-6-2-13(11-28)3-7-15/h4-5,8-10,12-13,15,28H,2-3,6-7,11H2,1H3,(H,25,26)(H,22,23,24). The molecule has 0 amide bonds. The van der Waals surface area contributed by atoms with E-state index in [1.165, 1.54) is 0 Å². The van der Waals surface area contributed by atoms with Crippen LogP contribution in [0.5, 0.6) is 5.75 Å². The van der Waals surface area contributed by atoms with Crippen molar-refractivity contribution < 1.29 is 9.84 Å². The van der Waals surface area contributed by atoms with Gasteiger partial charge in [-0.25, -0.2) is 14.6 Å². The average Bonchev–Trinajstić information content (AvgIpc) is 3.22. The Morgan fingerprint density at radius 2 is 1.97 bits per heavy atom. The van der Waals surface area contributed by atoms with Crippen LogP contribution < -0.4 is 10.1 Å². The molecule has 1 fully saturated rings. The number of hydrogen-bond donors (Lipinski definition) is 3. The lowest BCUT2D eigenvalue weighted by Crippen LogP contribution is -2.23. The summed E-state index contributed by atoms with van der Waals surface area (Å²) in [7, 11) is 1.66. The van der Waals surface area contributed by atoms with Crippen molar-refractivity contribution in [1.29, 1.82) is 0 Å². The van der Waals surface area contributed by atoms with Gasteiger partial charge in [-0.05, 0) is 55.9 Å². The van der Waals surface area contributed by atoms with Crippen LogP contribution in [0.2, 0.25) is 0 Å². The van der Waals surface area contributed by atoms with Gasteiger partial charge in [-0.15, -0.1) is 0 Å². The molecule has 1 aliphatic carbocycles. The number of hydrogen-bond acceptors (Lipinski definition) is 6. The molecule has 0 spiro atoms. The molecule has 8 heteroatoms. The van der Waals surface area contributed by atoms with Gasteiger partial charge >= 0.3 is 0 Å². The molecule has 1 saturated carbocycles. The Hall–Kier alpha value is -3.13. The van der Waals surface area contributed by atoms with Crippen molar-refractivity contribution in [2.45, 2.75) is 31.7 Å². The summed E-state index contributed by atoms with van der Waals surface area (Å²) in [5.74, 6) is 1.96. The lowest BCUT2D eigenvalue weighted by molar-refractivity contribution is 0.166. The Kier molecular flexibility index (Phi) is 4.55. The number of aromatic nitrogens is 5. The molecule has 1 aromatic carbocycles. The minimum atomic E-state index is 0.256. The number of aliphatic hydroxyl groups excluding tert-OH is 1. The fraction of sp³-hybridized carbons (Fsp3) is 0.381. The summed E-state index contributed by atoms with van der Waals surface area (Å²) in [5.41, 5.74) is 2.58. The van der Waals surface area contributed by atoms with Gasteiger partial charge in [0.25, 0.3) is 0 Å². The molecule has 0 aliphatic heterocycles. The van der Waals surface area contributed by atoms with Crippen LogP contribution in [0.1, 0.15) is 31.7 Å². The van der Waals surface area contributed by atoms with Crippen LogP contribution in [0.25, 0.3) is 22.1 Å². The lowest BCUT2D eigenvalue weighted by Gasteiger charge is -2.29. The van der Waals surface area contributed by atoms with Crippen LogP contribution in [0.3, 0.4) is 0 Å². The molecule has 0 atom stereocenters. The summed E-state index contributed by atoms with van der Waals surface area (Å²) in [6.45, 7) is 0.264. The molecule has 3 N–H and O–H groups in total. The molecular formula is C21H24N6O2. The van der Waals surface area contributed by atoms with E-state index in [1.807, 2.05) is 35.1 Å². The van der Waals surface area contributed by atoms with Gasteiger partial charge in [-0.3, -0.25) is 0 Å². The van der Waals surface area contributed by atoms with E-state index in [0.717, 1.165) is 65.0 Å². The molecule has 3 aromatic heterocycles. The molecule has 5 rings (SSSR count). The second-order valence-corrected chi connectivity index (χ2v) is 7.63. The highest BCUT2D eigenvalue weighted by Gasteiger charge is 2.25. The lowest BCUT2D eigenvalue weighted by atomic mass is 9.86. The van der Waals surface area contributed by atoms with Crippen LogP contribution >= 0.6 is 0 Å². The van der Waals surface area contributed by atoms with Gasteiger partial charge in [0.2, 0.25) is 0 Å². The predicted octanol–water partition coefficient (Wildman–Crippen LogP) is 3.78. The van der Waals surface area contributed by atoms with Gasteiger partial charge in [-0.1, -0.05) is 0 Å². The van der Waals surface area contributed by atoms with Gasteiger partial charge in [-0.2, -0.15) is 5.10 Å². The Bertz CT molecular complexity index is 1130. The first-order chi connectivity index (χ1) is 14.3. The van der Waals surface area contributed by atoms with Gasteiger partial charge in [0, 0.05) is 18.5 Å². The number of ether oxygens (including phenoxy) is 1. The summed E-state index contributed by atoms with van der Waals surface area (Å²) in [6, 6.07) is 8.03. The van der Waals surface area contributed by atoms with Gasteiger partial charge in [0.1, 0.15) is 11.4 Å². The minimum Gasteiger partial charge on any atom is -0.497 e. The predicted molar refractivity (Wildman–Crippen MR) is 112 cm³/mol. The van der Waals surface area contributed by atoms with Crippen molar-refractivity contribution in [1.82, 2.24) is 24.7 Å². The molecule has 4 aromatic rings. The van der Waals surface area contributed by atoms with E-state index in [1.54, 1.807) is 13.4 Å². The van der Waals surface area contributed by atoms with Gasteiger partial charge in [0.05, 0.1) is 30.3 Å². The third-order valence-corrected chi connectivity index (χ3v) is 5.89. The number of aromatic amines is 1. The molecular weight excluding hydrogens is 368 g/mol. The van der Waals surface area contributed by atoms with E-state index in [4.69, 9.17) is 9.84 Å². The van der Waals surface area contributed by atoms with Crippen LogP contribution in [0.4, 0.5) is 11.5 Å². The summed E-state index contributed by atoms with van der Waals surface area (Å²) in [6.07, 6.45) is 7.48. The molecule has 8 nitrogen and oxygen atoms in total. The first-order valence-electron chi connectivity index (χ1n) is 9.99. The third kappa shape index (κ3) is 3.19. The summed E-state index contributed by atoms with van der Waals surface area (Å²) in [5, 5.41) is 19.8.